The van der Waals surface area contributed by atoms with Gasteiger partial charge in [0.2, 0.25) is 5.91 Å². The van der Waals surface area contributed by atoms with E-state index in [1.54, 1.807) is 18.9 Å². The summed E-state index contributed by atoms with van der Waals surface area (Å²) < 4.78 is 4.65. The van der Waals surface area contributed by atoms with E-state index >= 15 is 0 Å². The third-order valence-electron chi connectivity index (χ3n) is 2.89. The quantitative estimate of drug-likeness (QED) is 0.723. The fraction of sp³-hybridized carbons (Fsp3) is 0.467. The highest BCUT2D eigenvalue weighted by molar-refractivity contribution is 7.99. The second kappa shape index (κ2) is 8.64. The van der Waals surface area contributed by atoms with Crippen LogP contribution in [0.3, 0.4) is 0 Å². The van der Waals surface area contributed by atoms with Gasteiger partial charge in [-0.1, -0.05) is 37.3 Å². The molecule has 0 heterocycles. The molecule has 0 aliphatic rings. The molecule has 0 saturated heterocycles. The molecular weight excluding hydrogens is 274 g/mol. The van der Waals surface area contributed by atoms with Crippen molar-refractivity contribution < 1.29 is 14.3 Å². The van der Waals surface area contributed by atoms with E-state index in [4.69, 9.17) is 0 Å². The Balaban J connectivity index is 2.30. The summed E-state index contributed by atoms with van der Waals surface area (Å²) in [5.74, 6) is 0.623. The minimum Gasteiger partial charge on any atom is -0.469 e. The molecule has 0 saturated carbocycles. The molecule has 0 aliphatic carbocycles. The lowest BCUT2D eigenvalue weighted by Crippen LogP contribution is -2.28. The number of nitrogens with zero attached hydrogens (tertiary/aromatic N) is 1. The van der Waals surface area contributed by atoms with Crippen molar-refractivity contribution in [1.29, 1.82) is 0 Å². The summed E-state index contributed by atoms with van der Waals surface area (Å²) in [6.07, 6.45) is 0. The molecule has 0 N–H and O–H groups in total. The average molecular weight is 295 g/mol. The van der Waals surface area contributed by atoms with E-state index in [1.807, 2.05) is 30.3 Å². The Kier molecular flexibility index (Phi) is 7.15. The molecule has 1 aromatic carbocycles. The van der Waals surface area contributed by atoms with Gasteiger partial charge in [0.25, 0.3) is 0 Å². The van der Waals surface area contributed by atoms with E-state index < -0.39 is 0 Å². The van der Waals surface area contributed by atoms with Crippen molar-refractivity contribution >= 4 is 23.6 Å². The van der Waals surface area contributed by atoms with Gasteiger partial charge in [0.05, 0.1) is 18.8 Å². The minimum absolute atomic E-state index is 0.0657. The number of rotatable bonds is 7. The van der Waals surface area contributed by atoms with Gasteiger partial charge in [0.1, 0.15) is 0 Å². The maximum atomic E-state index is 12.0. The molecule has 0 bridgehead atoms. The zero-order valence-electron chi connectivity index (χ0n) is 12.2. The second-order valence-corrected chi connectivity index (χ2v) is 5.70. The van der Waals surface area contributed by atoms with Gasteiger partial charge in [-0.25, -0.2) is 0 Å². The summed E-state index contributed by atoms with van der Waals surface area (Å²) in [5, 5.41) is 0. The van der Waals surface area contributed by atoms with Crippen LogP contribution in [-0.4, -0.2) is 42.4 Å². The largest absolute Gasteiger partial charge is 0.469 e. The lowest BCUT2D eigenvalue weighted by molar-refractivity contribution is -0.144. The van der Waals surface area contributed by atoms with E-state index in [9.17, 15) is 9.59 Å². The van der Waals surface area contributed by atoms with Crippen molar-refractivity contribution in [2.24, 2.45) is 5.92 Å². The van der Waals surface area contributed by atoms with E-state index in [-0.39, 0.29) is 17.8 Å². The molecule has 20 heavy (non-hydrogen) atoms. The van der Waals surface area contributed by atoms with Crippen LogP contribution in [0.5, 0.6) is 0 Å². The Bertz CT molecular complexity index is 436. The summed E-state index contributed by atoms with van der Waals surface area (Å²) in [5.41, 5.74) is 1.11. The fourth-order valence-corrected chi connectivity index (χ4v) is 2.65. The van der Waals surface area contributed by atoms with Gasteiger partial charge in [0, 0.05) is 19.3 Å². The first-order valence-electron chi connectivity index (χ1n) is 6.48. The van der Waals surface area contributed by atoms with Crippen LogP contribution in [0.15, 0.2) is 30.3 Å². The molecule has 0 spiro atoms. The van der Waals surface area contributed by atoms with E-state index in [1.165, 1.54) is 18.9 Å². The van der Waals surface area contributed by atoms with Crippen LogP contribution < -0.4 is 0 Å². The van der Waals surface area contributed by atoms with Gasteiger partial charge in [-0.3, -0.25) is 9.59 Å². The molecule has 4 nitrogen and oxygen atoms in total. The molecule has 0 aromatic heterocycles. The Morgan fingerprint density at radius 3 is 2.55 bits per heavy atom. The monoisotopic (exact) mass is 295 g/mol. The fourth-order valence-electron chi connectivity index (χ4n) is 1.65. The van der Waals surface area contributed by atoms with Crippen molar-refractivity contribution in [3.05, 3.63) is 35.9 Å². The third kappa shape index (κ3) is 5.65. The van der Waals surface area contributed by atoms with Crippen molar-refractivity contribution in [3.63, 3.8) is 0 Å². The first kappa shape index (κ1) is 16.6. The maximum Gasteiger partial charge on any atom is 0.309 e. The number of ether oxygens (including phenoxy) is 1. The van der Waals surface area contributed by atoms with Crippen molar-refractivity contribution in [2.75, 3.05) is 25.7 Å². The molecule has 5 heteroatoms. The van der Waals surface area contributed by atoms with Crippen LogP contribution in [0, 0.1) is 5.92 Å². The van der Waals surface area contributed by atoms with Crippen LogP contribution >= 0.6 is 11.8 Å². The summed E-state index contributed by atoms with van der Waals surface area (Å²) in [6, 6.07) is 9.86. The average Bonchev–Trinajstić information content (AvgIpc) is 2.47. The van der Waals surface area contributed by atoms with Crippen LogP contribution in [0.2, 0.25) is 0 Å². The summed E-state index contributed by atoms with van der Waals surface area (Å²) in [7, 11) is 3.17. The van der Waals surface area contributed by atoms with Gasteiger partial charge >= 0.3 is 5.97 Å². The van der Waals surface area contributed by atoms with Crippen LogP contribution in [-0.2, 0) is 20.9 Å². The van der Waals surface area contributed by atoms with Crippen molar-refractivity contribution in [3.8, 4) is 0 Å². The van der Waals surface area contributed by atoms with Gasteiger partial charge < -0.3 is 9.64 Å². The molecule has 110 valence electrons. The van der Waals surface area contributed by atoms with E-state index in [0.717, 1.165) is 5.56 Å². The molecule has 1 aromatic rings. The summed E-state index contributed by atoms with van der Waals surface area (Å²) in [6.45, 7) is 2.41. The number of carbonyl (C=O) groups is 2. The molecule has 1 atom stereocenters. The highest BCUT2D eigenvalue weighted by Crippen LogP contribution is 2.11. The molecule has 0 fully saturated rings. The SMILES string of the molecule is COC(=O)C(C)CSCC(=O)N(C)Cc1ccccc1. The molecular formula is C15H21NO3S. The Morgan fingerprint density at radius 1 is 1.30 bits per heavy atom. The third-order valence-corrected chi connectivity index (χ3v) is 4.07. The second-order valence-electron chi connectivity index (χ2n) is 4.67. The molecule has 1 amide bonds. The zero-order valence-corrected chi connectivity index (χ0v) is 13.0. The molecule has 1 rings (SSSR count). The number of methoxy groups -OCH3 is 1. The van der Waals surface area contributed by atoms with Crippen molar-refractivity contribution in [1.82, 2.24) is 4.90 Å². The Morgan fingerprint density at radius 2 is 1.95 bits per heavy atom. The predicted octanol–water partition coefficient (Wildman–Crippen LogP) is 2.19. The summed E-state index contributed by atoms with van der Waals surface area (Å²) >= 11 is 1.46. The minimum atomic E-state index is -0.234. The number of benzene rings is 1. The van der Waals surface area contributed by atoms with Crippen LogP contribution in [0.4, 0.5) is 0 Å². The van der Waals surface area contributed by atoms with E-state index in [2.05, 4.69) is 4.74 Å². The first-order chi connectivity index (χ1) is 9.54. The lowest BCUT2D eigenvalue weighted by atomic mass is 10.2. The number of hydrogen-bond donors (Lipinski definition) is 0. The number of hydrogen-bond acceptors (Lipinski definition) is 4. The highest BCUT2D eigenvalue weighted by Gasteiger charge is 2.15. The number of amides is 1. The molecule has 0 aliphatic heterocycles. The smallest absolute Gasteiger partial charge is 0.309 e. The van der Waals surface area contributed by atoms with Gasteiger partial charge in [-0.2, -0.15) is 11.8 Å². The van der Waals surface area contributed by atoms with Crippen LogP contribution in [0.25, 0.3) is 0 Å². The normalized spacial score (nSPS) is 11.8. The highest BCUT2D eigenvalue weighted by atomic mass is 32.2. The summed E-state index contributed by atoms with van der Waals surface area (Å²) in [4.78, 5) is 24.9. The van der Waals surface area contributed by atoms with Gasteiger partial charge in [-0.15, -0.1) is 0 Å². The first-order valence-corrected chi connectivity index (χ1v) is 7.63. The molecule has 0 radical (unpaired) electrons. The molecule has 1 unspecified atom stereocenters. The zero-order chi connectivity index (χ0) is 15.0. The topological polar surface area (TPSA) is 46.6 Å². The number of thioether (sulfide) groups is 1. The predicted molar refractivity (Wildman–Crippen MR) is 81.4 cm³/mol. The van der Waals surface area contributed by atoms with Crippen molar-refractivity contribution in [2.45, 2.75) is 13.5 Å². The number of carbonyl (C=O) groups excluding carboxylic acids is 2. The lowest BCUT2D eigenvalue weighted by Gasteiger charge is -2.17. The Hall–Kier alpha value is -1.49. The standard InChI is InChI=1S/C15H21NO3S/c1-12(15(18)19-3)10-20-11-14(17)16(2)9-13-7-5-4-6-8-13/h4-8,12H,9-11H2,1-3H3. The van der Waals surface area contributed by atoms with E-state index in [0.29, 0.717) is 18.1 Å². The maximum absolute atomic E-state index is 12.0. The Labute approximate surface area is 124 Å². The van der Waals surface area contributed by atoms with Crippen LogP contribution in [0.1, 0.15) is 12.5 Å². The van der Waals surface area contributed by atoms with Gasteiger partial charge in [0.15, 0.2) is 0 Å². The number of esters is 1. The van der Waals surface area contributed by atoms with Gasteiger partial charge in [-0.05, 0) is 5.56 Å².